The van der Waals surface area contributed by atoms with E-state index in [1.807, 2.05) is 32.0 Å². The molecule has 0 saturated carbocycles. The van der Waals surface area contributed by atoms with E-state index in [0.29, 0.717) is 10.8 Å². The van der Waals surface area contributed by atoms with Gasteiger partial charge in [0, 0.05) is 4.88 Å². The average Bonchev–Trinajstić information content (AvgIpc) is 2.79. The summed E-state index contributed by atoms with van der Waals surface area (Å²) in [5, 5.41) is 12.0. The van der Waals surface area contributed by atoms with Crippen LogP contribution in [0.15, 0.2) is 24.3 Å². The van der Waals surface area contributed by atoms with Gasteiger partial charge in [0.2, 0.25) is 0 Å². The maximum Gasteiger partial charge on any atom is 0.338 e. The minimum atomic E-state index is -1.06. The third kappa shape index (κ3) is 3.65. The highest BCUT2D eigenvalue weighted by molar-refractivity contribution is 7.16. The molecule has 0 bridgehead atoms. The summed E-state index contributed by atoms with van der Waals surface area (Å²) in [5.41, 5.74) is 2.00. The molecule has 0 radical (unpaired) electrons. The van der Waals surface area contributed by atoms with Crippen LogP contribution < -0.4 is 10.1 Å². The van der Waals surface area contributed by atoms with Crippen molar-refractivity contribution in [1.29, 1.82) is 0 Å². The van der Waals surface area contributed by atoms with E-state index < -0.39 is 5.97 Å². The lowest BCUT2D eigenvalue weighted by Crippen LogP contribution is -2.21. The number of aryl methyl sites for hydroxylation is 3. The monoisotopic (exact) mass is 319 g/mol. The van der Waals surface area contributed by atoms with Gasteiger partial charge in [-0.15, -0.1) is 11.3 Å². The first kappa shape index (κ1) is 16.0. The summed E-state index contributed by atoms with van der Waals surface area (Å²) in [5.74, 6) is -0.763. The zero-order valence-corrected chi connectivity index (χ0v) is 13.4. The van der Waals surface area contributed by atoms with Crippen LogP contribution in [0.2, 0.25) is 0 Å². The number of rotatable bonds is 5. The van der Waals surface area contributed by atoms with Gasteiger partial charge in [0.05, 0.1) is 5.56 Å². The zero-order chi connectivity index (χ0) is 16.3. The Balaban J connectivity index is 2.04. The predicted octanol–water partition coefficient (Wildman–Crippen LogP) is 3.39. The van der Waals surface area contributed by atoms with Crippen molar-refractivity contribution in [1.82, 2.24) is 0 Å². The highest BCUT2D eigenvalue weighted by atomic mass is 32.1. The number of carbonyl (C=O) groups is 2. The molecule has 5 nitrogen and oxygen atoms in total. The summed E-state index contributed by atoms with van der Waals surface area (Å²) in [6.45, 7) is 5.44. The molecule has 1 aromatic heterocycles. The third-order valence-corrected chi connectivity index (χ3v) is 4.06. The SMILES string of the molecule is Cc1cc(C(=O)O)c(NC(=O)COc2c(C)cccc2C)s1. The van der Waals surface area contributed by atoms with Crippen LogP contribution in [0.25, 0.3) is 0 Å². The fraction of sp³-hybridized carbons (Fsp3) is 0.250. The van der Waals surface area contributed by atoms with Crippen LogP contribution in [0.1, 0.15) is 26.4 Å². The van der Waals surface area contributed by atoms with Gasteiger partial charge in [-0.2, -0.15) is 0 Å². The number of carboxylic acids is 1. The van der Waals surface area contributed by atoms with Crippen LogP contribution in [-0.2, 0) is 4.79 Å². The van der Waals surface area contributed by atoms with E-state index in [4.69, 9.17) is 9.84 Å². The Kier molecular flexibility index (Phi) is 4.82. The second-order valence-electron chi connectivity index (χ2n) is 4.96. The lowest BCUT2D eigenvalue weighted by atomic mass is 10.1. The summed E-state index contributed by atoms with van der Waals surface area (Å²) < 4.78 is 5.55. The average molecular weight is 319 g/mol. The molecule has 0 aliphatic carbocycles. The lowest BCUT2D eigenvalue weighted by molar-refractivity contribution is -0.118. The molecular weight excluding hydrogens is 302 g/mol. The Bertz CT molecular complexity index is 701. The van der Waals surface area contributed by atoms with Crippen molar-refractivity contribution < 1.29 is 19.4 Å². The fourth-order valence-electron chi connectivity index (χ4n) is 2.09. The van der Waals surface area contributed by atoms with E-state index >= 15 is 0 Å². The van der Waals surface area contributed by atoms with Gasteiger partial charge < -0.3 is 15.2 Å². The molecule has 1 aromatic carbocycles. The zero-order valence-electron chi connectivity index (χ0n) is 12.6. The van der Waals surface area contributed by atoms with Crippen LogP contribution in [0.5, 0.6) is 5.75 Å². The number of aromatic carboxylic acids is 1. The largest absolute Gasteiger partial charge is 0.483 e. The molecule has 0 atom stereocenters. The highest BCUT2D eigenvalue weighted by Gasteiger charge is 2.16. The molecule has 2 aromatic rings. The van der Waals surface area contributed by atoms with Gasteiger partial charge in [0.15, 0.2) is 6.61 Å². The number of benzene rings is 1. The minimum Gasteiger partial charge on any atom is -0.483 e. The molecule has 6 heteroatoms. The van der Waals surface area contributed by atoms with Crippen molar-refractivity contribution in [2.75, 3.05) is 11.9 Å². The number of carbonyl (C=O) groups excluding carboxylic acids is 1. The molecular formula is C16H17NO4S. The molecule has 0 aliphatic rings. The number of anilines is 1. The predicted molar refractivity (Wildman–Crippen MR) is 86.1 cm³/mol. The minimum absolute atomic E-state index is 0.0999. The molecule has 1 heterocycles. The molecule has 22 heavy (non-hydrogen) atoms. The highest BCUT2D eigenvalue weighted by Crippen LogP contribution is 2.27. The first-order chi connectivity index (χ1) is 10.4. The Labute approximate surface area is 132 Å². The van der Waals surface area contributed by atoms with Crippen molar-refractivity contribution in [2.45, 2.75) is 20.8 Å². The van der Waals surface area contributed by atoms with Crippen molar-refractivity contribution in [3.8, 4) is 5.75 Å². The van der Waals surface area contributed by atoms with E-state index in [2.05, 4.69) is 5.32 Å². The molecule has 2 N–H and O–H groups in total. The van der Waals surface area contributed by atoms with Crippen molar-refractivity contribution in [3.63, 3.8) is 0 Å². The Morgan fingerprint density at radius 3 is 2.45 bits per heavy atom. The van der Waals surface area contributed by atoms with Gasteiger partial charge in [-0.05, 0) is 38.0 Å². The lowest BCUT2D eigenvalue weighted by Gasteiger charge is -2.11. The summed E-state index contributed by atoms with van der Waals surface area (Å²) in [6, 6.07) is 7.27. The number of hydrogen-bond acceptors (Lipinski definition) is 4. The molecule has 0 saturated heterocycles. The van der Waals surface area contributed by atoms with Gasteiger partial charge in [-0.25, -0.2) is 4.79 Å². The first-order valence-corrected chi connectivity index (χ1v) is 7.52. The third-order valence-electron chi connectivity index (χ3n) is 3.09. The van der Waals surface area contributed by atoms with E-state index in [9.17, 15) is 9.59 Å². The second-order valence-corrected chi connectivity index (χ2v) is 6.22. The van der Waals surface area contributed by atoms with E-state index in [0.717, 1.165) is 16.0 Å². The van der Waals surface area contributed by atoms with Gasteiger partial charge >= 0.3 is 5.97 Å². The summed E-state index contributed by atoms with van der Waals surface area (Å²) in [4.78, 5) is 23.9. The van der Waals surface area contributed by atoms with E-state index in [-0.39, 0.29) is 18.1 Å². The number of thiophene rings is 1. The van der Waals surface area contributed by atoms with Crippen LogP contribution >= 0.6 is 11.3 Å². The maximum absolute atomic E-state index is 12.0. The van der Waals surface area contributed by atoms with E-state index in [1.54, 1.807) is 6.92 Å². The smallest absolute Gasteiger partial charge is 0.338 e. The van der Waals surface area contributed by atoms with Crippen LogP contribution in [0.3, 0.4) is 0 Å². The molecule has 0 aliphatic heterocycles. The number of hydrogen-bond donors (Lipinski definition) is 2. The number of amides is 1. The molecule has 2 rings (SSSR count). The Morgan fingerprint density at radius 1 is 1.23 bits per heavy atom. The summed E-state index contributed by atoms with van der Waals surface area (Å²) in [7, 11) is 0. The van der Waals surface area contributed by atoms with Gasteiger partial charge in [0.25, 0.3) is 5.91 Å². The quantitative estimate of drug-likeness (QED) is 0.886. The topological polar surface area (TPSA) is 75.6 Å². The summed E-state index contributed by atoms with van der Waals surface area (Å²) >= 11 is 1.23. The van der Waals surface area contributed by atoms with Gasteiger partial charge in [0.1, 0.15) is 10.8 Å². The molecule has 0 unspecified atom stereocenters. The molecule has 0 spiro atoms. The molecule has 116 valence electrons. The van der Waals surface area contributed by atoms with Crippen LogP contribution in [0.4, 0.5) is 5.00 Å². The molecule has 1 amide bonds. The molecule has 0 fully saturated rings. The van der Waals surface area contributed by atoms with Crippen molar-refractivity contribution >= 4 is 28.2 Å². The number of carboxylic acid groups (broad SMARTS) is 1. The number of para-hydroxylation sites is 1. The van der Waals surface area contributed by atoms with Gasteiger partial charge in [-0.1, -0.05) is 18.2 Å². The first-order valence-electron chi connectivity index (χ1n) is 6.71. The maximum atomic E-state index is 12.0. The summed E-state index contributed by atoms with van der Waals surface area (Å²) in [6.07, 6.45) is 0. The van der Waals surface area contributed by atoms with E-state index in [1.165, 1.54) is 17.4 Å². The Morgan fingerprint density at radius 2 is 1.86 bits per heavy atom. The van der Waals surface area contributed by atoms with Crippen LogP contribution in [-0.4, -0.2) is 23.6 Å². The Hall–Kier alpha value is -2.34. The van der Waals surface area contributed by atoms with Crippen molar-refractivity contribution in [2.24, 2.45) is 0 Å². The van der Waals surface area contributed by atoms with Crippen molar-refractivity contribution in [3.05, 3.63) is 45.8 Å². The van der Waals surface area contributed by atoms with Crippen LogP contribution in [0, 0.1) is 20.8 Å². The fourth-order valence-corrected chi connectivity index (χ4v) is 3.01. The number of ether oxygens (including phenoxy) is 1. The standard InChI is InChI=1S/C16H17NO4S/c1-9-5-4-6-10(2)14(9)21-8-13(18)17-15-12(16(19)20)7-11(3)22-15/h4-7H,8H2,1-3H3,(H,17,18)(H,19,20). The number of nitrogens with one attached hydrogen (secondary N) is 1. The second kappa shape index (κ2) is 6.62. The van der Waals surface area contributed by atoms with Gasteiger partial charge in [-0.3, -0.25) is 4.79 Å². The normalized spacial score (nSPS) is 10.3.